The Morgan fingerprint density at radius 1 is 1.20 bits per heavy atom. The molecule has 0 aliphatic carbocycles. The van der Waals surface area contributed by atoms with E-state index < -0.39 is 16.3 Å². The molecule has 0 radical (unpaired) electrons. The fourth-order valence-electron chi connectivity index (χ4n) is 2.62. The second-order valence-electron chi connectivity index (χ2n) is 5.82. The van der Waals surface area contributed by atoms with Crippen molar-refractivity contribution < 1.29 is 13.5 Å². The summed E-state index contributed by atoms with van der Waals surface area (Å²) in [6.07, 6.45) is -0.704. The minimum absolute atomic E-state index is 0.203. The molecule has 0 saturated carbocycles. The zero-order valence-electron chi connectivity index (χ0n) is 14.0. The summed E-state index contributed by atoms with van der Waals surface area (Å²) >= 11 is 0. The lowest BCUT2D eigenvalue weighted by molar-refractivity contribution is 0.186. The number of hydrogen-bond acceptors (Lipinski definition) is 4. The minimum Gasteiger partial charge on any atom is -0.385 e. The van der Waals surface area contributed by atoms with Gasteiger partial charge in [0.15, 0.2) is 0 Å². The Bertz CT molecular complexity index is 982. The first-order valence-corrected chi connectivity index (χ1v) is 9.30. The normalized spacial score (nSPS) is 13.1. The van der Waals surface area contributed by atoms with Gasteiger partial charge in [-0.05, 0) is 30.7 Å². The number of imidazole rings is 1. The van der Waals surface area contributed by atoms with E-state index in [2.05, 4.69) is 14.4 Å². The van der Waals surface area contributed by atoms with E-state index in [1.165, 1.54) is 0 Å². The number of anilines is 1. The third kappa shape index (κ3) is 3.98. The maximum Gasteiger partial charge on any atom is 0.299 e. The number of hydrogen-bond donors (Lipinski definition) is 3. The van der Waals surface area contributed by atoms with Crippen molar-refractivity contribution in [2.24, 2.45) is 7.05 Å². The maximum atomic E-state index is 12.2. The predicted molar refractivity (Wildman–Crippen MR) is 97.2 cm³/mol. The Labute approximate surface area is 146 Å². The summed E-state index contributed by atoms with van der Waals surface area (Å²) in [7, 11) is -1.90. The molecule has 0 spiro atoms. The van der Waals surface area contributed by atoms with Crippen LogP contribution in [0.3, 0.4) is 0 Å². The standard InChI is InChI=1S/C17H20N4O3S/c1-12(22)17-19-15-10-14(8-9-16(15)21(17)2)20-25(23,24)18-11-13-6-4-3-5-7-13/h3-10,12,18,20,22H,11H2,1-2H3. The zero-order chi connectivity index (χ0) is 18.0. The van der Waals surface area contributed by atoms with Crippen LogP contribution in [0, 0.1) is 0 Å². The van der Waals surface area contributed by atoms with E-state index in [4.69, 9.17) is 0 Å². The first kappa shape index (κ1) is 17.4. The van der Waals surface area contributed by atoms with Crippen molar-refractivity contribution in [3.8, 4) is 0 Å². The van der Waals surface area contributed by atoms with Crippen LogP contribution in [0.15, 0.2) is 48.5 Å². The molecule has 0 aliphatic rings. The second kappa shape index (κ2) is 6.83. The Balaban J connectivity index is 1.77. The highest BCUT2D eigenvalue weighted by molar-refractivity contribution is 7.90. The van der Waals surface area contributed by atoms with E-state index in [1.54, 1.807) is 29.7 Å². The number of nitrogens with zero attached hydrogens (tertiary/aromatic N) is 2. The molecule has 1 atom stereocenters. The van der Waals surface area contributed by atoms with Crippen LogP contribution in [0.1, 0.15) is 24.4 Å². The van der Waals surface area contributed by atoms with Crippen molar-refractivity contribution in [1.82, 2.24) is 14.3 Å². The van der Waals surface area contributed by atoms with Gasteiger partial charge >= 0.3 is 0 Å². The number of aromatic nitrogens is 2. The van der Waals surface area contributed by atoms with Gasteiger partial charge in [-0.3, -0.25) is 4.72 Å². The smallest absolute Gasteiger partial charge is 0.299 e. The molecule has 3 aromatic rings. The summed E-state index contributed by atoms with van der Waals surface area (Å²) in [6.45, 7) is 1.84. The van der Waals surface area contributed by atoms with Crippen LogP contribution >= 0.6 is 0 Å². The van der Waals surface area contributed by atoms with Gasteiger partial charge in [0.05, 0.1) is 16.7 Å². The highest BCUT2D eigenvalue weighted by atomic mass is 32.2. The lowest BCUT2D eigenvalue weighted by Gasteiger charge is -2.09. The van der Waals surface area contributed by atoms with Crippen molar-refractivity contribution in [3.05, 3.63) is 59.9 Å². The van der Waals surface area contributed by atoms with Gasteiger partial charge in [-0.2, -0.15) is 13.1 Å². The van der Waals surface area contributed by atoms with Crippen LogP contribution in [0.4, 0.5) is 5.69 Å². The van der Waals surface area contributed by atoms with Crippen molar-refractivity contribution in [1.29, 1.82) is 0 Å². The van der Waals surface area contributed by atoms with E-state index in [-0.39, 0.29) is 6.54 Å². The lowest BCUT2D eigenvalue weighted by Crippen LogP contribution is -2.29. The molecular weight excluding hydrogens is 340 g/mol. The summed E-state index contributed by atoms with van der Waals surface area (Å²) in [5.41, 5.74) is 2.70. The summed E-state index contributed by atoms with van der Waals surface area (Å²) in [5.74, 6) is 0.525. The highest BCUT2D eigenvalue weighted by Gasteiger charge is 2.14. The molecule has 1 heterocycles. The molecule has 132 valence electrons. The van der Waals surface area contributed by atoms with Crippen LogP contribution in [0.5, 0.6) is 0 Å². The molecule has 8 heteroatoms. The number of fused-ring (bicyclic) bond motifs is 1. The topological polar surface area (TPSA) is 96.2 Å². The van der Waals surface area contributed by atoms with Gasteiger partial charge in [-0.15, -0.1) is 0 Å². The summed E-state index contributed by atoms with van der Waals surface area (Å²) < 4.78 is 31.2. The molecular formula is C17H20N4O3S. The SMILES string of the molecule is CC(O)c1nc2cc(NS(=O)(=O)NCc3ccccc3)ccc2n1C. The fraction of sp³-hybridized carbons (Fsp3) is 0.235. The van der Waals surface area contributed by atoms with E-state index in [9.17, 15) is 13.5 Å². The number of benzene rings is 2. The number of nitrogens with one attached hydrogen (secondary N) is 2. The first-order valence-electron chi connectivity index (χ1n) is 7.81. The first-order chi connectivity index (χ1) is 11.9. The van der Waals surface area contributed by atoms with Crippen molar-refractivity contribution in [3.63, 3.8) is 0 Å². The van der Waals surface area contributed by atoms with Gasteiger partial charge in [-0.1, -0.05) is 30.3 Å². The third-order valence-electron chi connectivity index (χ3n) is 3.85. The van der Waals surface area contributed by atoms with Gasteiger partial charge in [0.25, 0.3) is 10.2 Å². The fourth-order valence-corrected chi connectivity index (χ4v) is 3.49. The summed E-state index contributed by atoms with van der Waals surface area (Å²) in [5, 5.41) is 9.73. The van der Waals surface area contributed by atoms with Crippen LogP contribution in [0.2, 0.25) is 0 Å². The molecule has 7 nitrogen and oxygen atoms in total. The maximum absolute atomic E-state index is 12.2. The highest BCUT2D eigenvalue weighted by Crippen LogP contribution is 2.23. The average Bonchev–Trinajstić information content (AvgIpc) is 2.90. The Morgan fingerprint density at radius 2 is 1.92 bits per heavy atom. The number of rotatable bonds is 6. The number of aryl methyl sites for hydroxylation is 1. The third-order valence-corrected chi connectivity index (χ3v) is 4.88. The van der Waals surface area contributed by atoms with Gasteiger partial charge in [0.2, 0.25) is 0 Å². The second-order valence-corrected chi connectivity index (χ2v) is 7.32. The molecule has 25 heavy (non-hydrogen) atoms. The Morgan fingerprint density at radius 3 is 2.60 bits per heavy atom. The van der Waals surface area contributed by atoms with Crippen molar-refractivity contribution in [2.45, 2.75) is 19.6 Å². The molecule has 0 amide bonds. The average molecular weight is 360 g/mol. The number of aliphatic hydroxyl groups excluding tert-OH is 1. The van der Waals surface area contributed by atoms with Crippen molar-refractivity contribution >= 4 is 26.9 Å². The Kier molecular flexibility index (Phi) is 4.76. The minimum atomic E-state index is -3.71. The molecule has 3 N–H and O–H groups in total. The molecule has 1 aromatic heterocycles. The van der Waals surface area contributed by atoms with Gasteiger partial charge in [0, 0.05) is 13.6 Å². The molecule has 0 saturated heterocycles. The molecule has 3 rings (SSSR count). The molecule has 0 bridgehead atoms. The van der Waals surface area contributed by atoms with Crippen LogP contribution in [-0.2, 0) is 23.8 Å². The molecule has 1 unspecified atom stereocenters. The van der Waals surface area contributed by atoms with E-state index >= 15 is 0 Å². The predicted octanol–water partition coefficient (Wildman–Crippen LogP) is 2.07. The quantitative estimate of drug-likeness (QED) is 0.627. The van der Waals surface area contributed by atoms with Gasteiger partial charge < -0.3 is 9.67 Å². The summed E-state index contributed by atoms with van der Waals surface area (Å²) in [6, 6.07) is 14.3. The Hall–Kier alpha value is -2.42. The monoisotopic (exact) mass is 360 g/mol. The van der Waals surface area contributed by atoms with E-state index in [1.807, 2.05) is 37.4 Å². The van der Waals surface area contributed by atoms with Crippen LogP contribution in [-0.4, -0.2) is 23.1 Å². The summed E-state index contributed by atoms with van der Waals surface area (Å²) in [4.78, 5) is 4.35. The van der Waals surface area contributed by atoms with Crippen LogP contribution in [0.25, 0.3) is 11.0 Å². The zero-order valence-corrected chi connectivity index (χ0v) is 14.8. The van der Waals surface area contributed by atoms with Gasteiger partial charge in [0.1, 0.15) is 11.9 Å². The van der Waals surface area contributed by atoms with Crippen LogP contribution < -0.4 is 9.44 Å². The lowest BCUT2D eigenvalue weighted by atomic mass is 10.2. The molecule has 2 aromatic carbocycles. The number of aliphatic hydroxyl groups is 1. The van der Waals surface area contributed by atoms with Gasteiger partial charge in [-0.25, -0.2) is 4.98 Å². The van der Waals surface area contributed by atoms with Crippen molar-refractivity contribution in [2.75, 3.05) is 4.72 Å². The molecule has 0 fully saturated rings. The van der Waals surface area contributed by atoms with E-state index in [0.717, 1.165) is 11.1 Å². The van der Waals surface area contributed by atoms with E-state index in [0.29, 0.717) is 17.0 Å². The molecule has 0 aliphatic heterocycles. The largest absolute Gasteiger partial charge is 0.385 e.